The Bertz CT molecular complexity index is 645. The van der Waals surface area contributed by atoms with E-state index in [1.165, 1.54) is 0 Å². The minimum atomic E-state index is -4.23. The molecule has 0 saturated heterocycles. The first-order valence-corrected chi connectivity index (χ1v) is 7.13. The molecule has 2 aromatic carbocycles. The summed E-state index contributed by atoms with van der Waals surface area (Å²) in [5.41, 5.74) is 3.58. The summed E-state index contributed by atoms with van der Waals surface area (Å²) in [7, 11) is 0. The zero-order valence-electron chi connectivity index (χ0n) is 11.9. The number of hydrogen-bond donors (Lipinski definition) is 0. The van der Waals surface area contributed by atoms with E-state index in [-0.39, 0.29) is 5.56 Å². The highest BCUT2D eigenvalue weighted by Gasteiger charge is 2.29. The zero-order chi connectivity index (χ0) is 15.6. The van der Waals surface area contributed by atoms with Crippen LogP contribution in [-0.4, -0.2) is 6.18 Å². The van der Waals surface area contributed by atoms with Crippen molar-refractivity contribution >= 4 is 11.6 Å². The van der Waals surface area contributed by atoms with Gasteiger partial charge in [-0.1, -0.05) is 42.8 Å². The highest BCUT2D eigenvalue weighted by Crippen LogP contribution is 2.33. The molecule has 0 bridgehead atoms. The molecule has 0 N–H and O–H groups in total. The molecule has 4 heteroatoms. The van der Waals surface area contributed by atoms with E-state index in [0.717, 1.165) is 23.1 Å². The summed E-state index contributed by atoms with van der Waals surface area (Å²) in [5.74, 6) is 0. The number of hydrogen-bond acceptors (Lipinski definition) is 0. The van der Waals surface area contributed by atoms with Crippen molar-refractivity contribution in [1.82, 2.24) is 0 Å². The zero-order valence-corrected chi connectivity index (χ0v) is 12.6. The van der Waals surface area contributed by atoms with E-state index in [0.29, 0.717) is 10.6 Å². The highest BCUT2D eigenvalue weighted by atomic mass is 35.5. The van der Waals surface area contributed by atoms with Crippen molar-refractivity contribution in [2.45, 2.75) is 32.9 Å². The maximum atomic E-state index is 12.8. The van der Waals surface area contributed by atoms with Crippen molar-refractivity contribution in [3.05, 3.63) is 58.1 Å². The van der Waals surface area contributed by atoms with Crippen LogP contribution in [-0.2, 0) is 12.8 Å². The Morgan fingerprint density at radius 3 is 2.33 bits per heavy atom. The lowest BCUT2D eigenvalue weighted by Gasteiger charge is -2.15. The van der Waals surface area contributed by atoms with Crippen molar-refractivity contribution in [3.63, 3.8) is 0 Å². The van der Waals surface area contributed by atoms with Gasteiger partial charge in [-0.3, -0.25) is 0 Å². The molecule has 112 valence electrons. The number of aryl methyl sites for hydroxylation is 2. The first kappa shape index (κ1) is 15.9. The van der Waals surface area contributed by atoms with E-state index in [9.17, 15) is 13.2 Å². The van der Waals surface area contributed by atoms with Gasteiger partial charge in [0.1, 0.15) is 0 Å². The second-order valence-corrected chi connectivity index (χ2v) is 5.53. The monoisotopic (exact) mass is 312 g/mol. The Balaban J connectivity index is 2.61. The van der Waals surface area contributed by atoms with Gasteiger partial charge in [-0.25, -0.2) is 0 Å². The molecule has 0 atom stereocenters. The van der Waals surface area contributed by atoms with E-state index >= 15 is 0 Å². The van der Waals surface area contributed by atoms with Gasteiger partial charge in [0.05, 0.1) is 6.42 Å². The Hall–Kier alpha value is -1.48. The van der Waals surface area contributed by atoms with Crippen LogP contribution in [0.1, 0.15) is 23.6 Å². The molecule has 0 spiro atoms. The van der Waals surface area contributed by atoms with Crippen LogP contribution >= 0.6 is 11.6 Å². The minimum Gasteiger partial charge on any atom is -0.171 e. The topological polar surface area (TPSA) is 0 Å². The lowest BCUT2D eigenvalue weighted by molar-refractivity contribution is -0.127. The predicted molar refractivity (Wildman–Crippen MR) is 80.8 cm³/mol. The summed E-state index contributed by atoms with van der Waals surface area (Å²) in [4.78, 5) is 0. The second-order valence-electron chi connectivity index (χ2n) is 5.10. The number of benzene rings is 2. The van der Waals surface area contributed by atoms with E-state index in [1.807, 2.05) is 26.0 Å². The molecule has 0 nitrogen and oxygen atoms in total. The average molecular weight is 313 g/mol. The SMILES string of the molecule is CCc1ccc(CC(F)(F)F)c(-c2cc(Cl)ccc2C)c1. The predicted octanol–water partition coefficient (Wildman–Crippen LogP) is 5.98. The molecule has 0 aliphatic heterocycles. The van der Waals surface area contributed by atoms with Gasteiger partial charge in [0.25, 0.3) is 0 Å². The molecule has 21 heavy (non-hydrogen) atoms. The fraction of sp³-hybridized carbons (Fsp3) is 0.294. The van der Waals surface area contributed by atoms with Crippen molar-refractivity contribution in [3.8, 4) is 11.1 Å². The summed E-state index contributed by atoms with van der Waals surface area (Å²) < 4.78 is 38.3. The maximum Gasteiger partial charge on any atom is 0.393 e. The fourth-order valence-electron chi connectivity index (χ4n) is 2.35. The first-order chi connectivity index (χ1) is 9.80. The largest absolute Gasteiger partial charge is 0.393 e. The van der Waals surface area contributed by atoms with Crippen LogP contribution in [0.3, 0.4) is 0 Å². The molecular weight excluding hydrogens is 297 g/mol. The third-order valence-corrected chi connectivity index (χ3v) is 3.70. The molecule has 0 radical (unpaired) electrons. The first-order valence-electron chi connectivity index (χ1n) is 6.75. The minimum absolute atomic E-state index is 0.282. The third-order valence-electron chi connectivity index (χ3n) is 3.46. The molecule has 0 heterocycles. The van der Waals surface area contributed by atoms with Crippen molar-refractivity contribution in [2.75, 3.05) is 0 Å². The average Bonchev–Trinajstić information content (AvgIpc) is 2.40. The maximum absolute atomic E-state index is 12.8. The number of rotatable bonds is 3. The Morgan fingerprint density at radius 1 is 1.00 bits per heavy atom. The molecule has 0 aliphatic rings. The summed E-state index contributed by atoms with van der Waals surface area (Å²) in [6, 6.07) is 10.5. The highest BCUT2D eigenvalue weighted by molar-refractivity contribution is 6.30. The smallest absolute Gasteiger partial charge is 0.171 e. The molecule has 0 amide bonds. The Morgan fingerprint density at radius 2 is 1.71 bits per heavy atom. The lowest BCUT2D eigenvalue weighted by Crippen LogP contribution is -2.12. The normalized spacial score (nSPS) is 11.7. The third kappa shape index (κ3) is 4.01. The van der Waals surface area contributed by atoms with Gasteiger partial charge in [0, 0.05) is 5.02 Å². The van der Waals surface area contributed by atoms with Crippen LogP contribution in [0.5, 0.6) is 0 Å². The van der Waals surface area contributed by atoms with E-state index in [4.69, 9.17) is 11.6 Å². The standard InChI is InChI=1S/C17H16ClF3/c1-3-12-5-6-13(10-17(19,20)21)16(8-12)15-9-14(18)7-4-11(15)2/h4-9H,3,10H2,1-2H3. The fourth-order valence-corrected chi connectivity index (χ4v) is 2.52. The molecule has 2 rings (SSSR count). The van der Waals surface area contributed by atoms with Gasteiger partial charge in [-0.2, -0.15) is 13.2 Å². The van der Waals surface area contributed by atoms with Crippen LogP contribution in [0.15, 0.2) is 36.4 Å². The molecule has 0 fully saturated rings. The van der Waals surface area contributed by atoms with Crippen molar-refractivity contribution in [2.24, 2.45) is 0 Å². The molecular formula is C17H16ClF3. The van der Waals surface area contributed by atoms with Gasteiger partial charge < -0.3 is 0 Å². The molecule has 0 aliphatic carbocycles. The molecule has 0 saturated carbocycles. The van der Waals surface area contributed by atoms with Crippen LogP contribution in [0.4, 0.5) is 13.2 Å². The van der Waals surface area contributed by atoms with E-state index in [2.05, 4.69) is 0 Å². The van der Waals surface area contributed by atoms with Crippen LogP contribution in [0.2, 0.25) is 5.02 Å². The van der Waals surface area contributed by atoms with Crippen LogP contribution in [0, 0.1) is 6.92 Å². The molecule has 0 unspecified atom stereocenters. The van der Waals surface area contributed by atoms with Gasteiger partial charge in [-0.15, -0.1) is 0 Å². The van der Waals surface area contributed by atoms with Crippen LogP contribution in [0.25, 0.3) is 11.1 Å². The van der Waals surface area contributed by atoms with Gasteiger partial charge in [-0.05, 0) is 53.3 Å². The summed E-state index contributed by atoms with van der Waals surface area (Å²) in [6.07, 6.45) is -4.38. The van der Waals surface area contributed by atoms with E-state index < -0.39 is 12.6 Å². The van der Waals surface area contributed by atoms with E-state index in [1.54, 1.807) is 24.3 Å². The molecule has 2 aromatic rings. The Labute approximate surface area is 127 Å². The number of alkyl halides is 3. The van der Waals surface area contributed by atoms with Crippen LogP contribution < -0.4 is 0 Å². The van der Waals surface area contributed by atoms with Gasteiger partial charge in [0.2, 0.25) is 0 Å². The van der Waals surface area contributed by atoms with Gasteiger partial charge in [0.15, 0.2) is 0 Å². The molecule has 0 aromatic heterocycles. The summed E-state index contributed by atoms with van der Waals surface area (Å²) in [6.45, 7) is 3.86. The number of halogens is 4. The quantitative estimate of drug-likeness (QED) is 0.653. The van der Waals surface area contributed by atoms with Gasteiger partial charge >= 0.3 is 6.18 Å². The summed E-state index contributed by atoms with van der Waals surface area (Å²) in [5, 5.41) is 0.524. The Kier molecular flexibility index (Phi) is 4.62. The van der Waals surface area contributed by atoms with Crippen molar-refractivity contribution in [1.29, 1.82) is 0 Å². The second kappa shape index (κ2) is 6.10. The lowest BCUT2D eigenvalue weighted by atomic mass is 9.92. The summed E-state index contributed by atoms with van der Waals surface area (Å²) >= 11 is 6.00. The van der Waals surface area contributed by atoms with Crippen molar-refractivity contribution < 1.29 is 13.2 Å².